The predicted octanol–water partition coefficient (Wildman–Crippen LogP) is 2.80. The Bertz CT molecular complexity index is 924. The van der Waals surface area contributed by atoms with Crippen molar-refractivity contribution in [3.05, 3.63) is 69.7 Å². The lowest BCUT2D eigenvalue weighted by Crippen LogP contribution is -2.30. The predicted molar refractivity (Wildman–Crippen MR) is 93.7 cm³/mol. The number of hydrogen-bond donors (Lipinski definition) is 1. The number of rotatable bonds is 5. The van der Waals surface area contributed by atoms with Gasteiger partial charge in [0, 0.05) is 5.02 Å². The Morgan fingerprint density at radius 2 is 2.12 bits per heavy atom. The number of aliphatic hydroxyl groups excluding tert-OH is 1. The minimum atomic E-state index is -0.832. The number of hydrogen-bond acceptors (Lipinski definition) is 4. The van der Waals surface area contributed by atoms with Crippen molar-refractivity contribution in [2.24, 2.45) is 0 Å². The first-order valence-corrected chi connectivity index (χ1v) is 7.93. The number of fused-ring (bicyclic) bond motifs is 1. The van der Waals surface area contributed by atoms with E-state index < -0.39 is 6.10 Å². The molecule has 0 bridgehead atoms. The van der Waals surface area contributed by atoms with Crippen molar-refractivity contribution in [2.75, 3.05) is 6.61 Å². The SMILES string of the molecule is Cc1cccc(OC[C@@H](O)Cn2cnc3ccc(Cl)cc3c2=O)c1. The molecule has 0 fully saturated rings. The lowest BCUT2D eigenvalue weighted by Gasteiger charge is -2.14. The highest BCUT2D eigenvalue weighted by atomic mass is 35.5. The van der Waals surface area contributed by atoms with E-state index in [1.54, 1.807) is 18.2 Å². The van der Waals surface area contributed by atoms with Crippen LogP contribution in [0.25, 0.3) is 10.9 Å². The van der Waals surface area contributed by atoms with Crippen molar-refractivity contribution in [3.63, 3.8) is 0 Å². The van der Waals surface area contributed by atoms with Gasteiger partial charge in [-0.2, -0.15) is 0 Å². The number of nitrogens with zero attached hydrogens (tertiary/aromatic N) is 2. The fourth-order valence-corrected chi connectivity index (χ4v) is 2.61. The second kappa shape index (κ2) is 7.03. The summed E-state index contributed by atoms with van der Waals surface area (Å²) in [7, 11) is 0. The summed E-state index contributed by atoms with van der Waals surface area (Å²) in [5, 5.41) is 11.0. The quantitative estimate of drug-likeness (QED) is 0.773. The molecule has 0 aliphatic rings. The molecule has 124 valence electrons. The van der Waals surface area contributed by atoms with Crippen LogP contribution in [-0.4, -0.2) is 27.4 Å². The molecule has 3 rings (SSSR count). The van der Waals surface area contributed by atoms with Crippen LogP contribution in [0, 0.1) is 6.92 Å². The first-order valence-electron chi connectivity index (χ1n) is 7.55. The maximum atomic E-state index is 12.4. The van der Waals surface area contributed by atoms with Crippen LogP contribution in [0.2, 0.25) is 5.02 Å². The molecule has 1 heterocycles. The maximum Gasteiger partial charge on any atom is 0.261 e. The second-order valence-corrected chi connectivity index (χ2v) is 6.08. The van der Waals surface area contributed by atoms with E-state index in [0.29, 0.717) is 21.7 Å². The molecule has 1 aromatic heterocycles. The van der Waals surface area contributed by atoms with Gasteiger partial charge >= 0.3 is 0 Å². The summed E-state index contributed by atoms with van der Waals surface area (Å²) in [6, 6.07) is 12.5. The van der Waals surface area contributed by atoms with Crippen LogP contribution in [-0.2, 0) is 6.54 Å². The molecule has 0 radical (unpaired) electrons. The van der Waals surface area contributed by atoms with Gasteiger partial charge in [-0.15, -0.1) is 0 Å². The summed E-state index contributed by atoms with van der Waals surface area (Å²) in [6.45, 7) is 2.15. The van der Waals surface area contributed by atoms with E-state index in [1.165, 1.54) is 10.9 Å². The molecule has 6 heteroatoms. The molecule has 0 unspecified atom stereocenters. The van der Waals surface area contributed by atoms with Gasteiger partial charge in [-0.25, -0.2) is 4.98 Å². The van der Waals surface area contributed by atoms with E-state index in [4.69, 9.17) is 16.3 Å². The standard InChI is InChI=1S/C18H17ClN2O3/c1-12-3-2-4-15(7-12)24-10-14(22)9-21-11-20-17-6-5-13(19)8-16(17)18(21)23/h2-8,11,14,22H,9-10H2,1H3/t14-/m0/s1. The summed E-state index contributed by atoms with van der Waals surface area (Å²) < 4.78 is 6.92. The minimum absolute atomic E-state index is 0.0868. The fraction of sp³-hybridized carbons (Fsp3) is 0.222. The summed E-state index contributed by atoms with van der Waals surface area (Å²) in [5.41, 5.74) is 1.41. The van der Waals surface area contributed by atoms with Crippen molar-refractivity contribution in [2.45, 2.75) is 19.6 Å². The van der Waals surface area contributed by atoms with E-state index in [-0.39, 0.29) is 18.7 Å². The fourth-order valence-electron chi connectivity index (χ4n) is 2.44. The topological polar surface area (TPSA) is 64.3 Å². The molecule has 0 aliphatic heterocycles. The van der Waals surface area contributed by atoms with Gasteiger partial charge in [-0.05, 0) is 42.8 Å². The third-order valence-corrected chi connectivity index (χ3v) is 3.86. The first-order chi connectivity index (χ1) is 11.5. The summed E-state index contributed by atoms with van der Waals surface area (Å²) >= 11 is 5.93. The number of benzene rings is 2. The lowest BCUT2D eigenvalue weighted by molar-refractivity contribution is 0.0914. The Kier molecular flexibility index (Phi) is 4.83. The molecule has 5 nitrogen and oxygen atoms in total. The van der Waals surface area contributed by atoms with E-state index >= 15 is 0 Å². The number of aliphatic hydroxyl groups is 1. The molecular formula is C18H17ClN2O3. The normalized spacial score (nSPS) is 12.3. The smallest absolute Gasteiger partial charge is 0.261 e. The molecule has 1 atom stereocenters. The third kappa shape index (κ3) is 3.75. The molecule has 0 spiro atoms. The number of ether oxygens (including phenoxy) is 1. The Morgan fingerprint density at radius 1 is 1.29 bits per heavy atom. The van der Waals surface area contributed by atoms with Gasteiger partial charge in [0.15, 0.2) is 0 Å². The number of aromatic nitrogens is 2. The average Bonchev–Trinajstić information content (AvgIpc) is 2.56. The highest BCUT2D eigenvalue weighted by molar-refractivity contribution is 6.31. The molecule has 0 amide bonds. The highest BCUT2D eigenvalue weighted by Gasteiger charge is 2.10. The summed E-state index contributed by atoms with van der Waals surface area (Å²) in [4.78, 5) is 16.7. The maximum absolute atomic E-state index is 12.4. The average molecular weight is 345 g/mol. The van der Waals surface area contributed by atoms with Gasteiger partial charge in [0.05, 0.1) is 23.8 Å². The monoisotopic (exact) mass is 344 g/mol. The summed E-state index contributed by atoms with van der Waals surface area (Å²) in [6.07, 6.45) is 0.593. The van der Waals surface area contributed by atoms with Crippen LogP contribution in [0.4, 0.5) is 0 Å². The van der Waals surface area contributed by atoms with E-state index in [2.05, 4.69) is 4.98 Å². The first kappa shape index (κ1) is 16.5. The molecule has 3 aromatic rings. The molecule has 0 saturated carbocycles. The van der Waals surface area contributed by atoms with Crippen molar-refractivity contribution >= 4 is 22.5 Å². The van der Waals surface area contributed by atoms with Gasteiger partial charge < -0.3 is 9.84 Å². The van der Waals surface area contributed by atoms with Crippen LogP contribution in [0.15, 0.2) is 53.6 Å². The largest absolute Gasteiger partial charge is 0.491 e. The van der Waals surface area contributed by atoms with Crippen molar-refractivity contribution in [3.8, 4) is 5.75 Å². The van der Waals surface area contributed by atoms with Crippen LogP contribution >= 0.6 is 11.6 Å². The van der Waals surface area contributed by atoms with E-state index in [9.17, 15) is 9.90 Å². The summed E-state index contributed by atoms with van der Waals surface area (Å²) in [5.74, 6) is 0.685. The lowest BCUT2D eigenvalue weighted by atomic mass is 10.2. The number of aryl methyl sites for hydroxylation is 1. The third-order valence-electron chi connectivity index (χ3n) is 3.63. The zero-order valence-electron chi connectivity index (χ0n) is 13.1. The van der Waals surface area contributed by atoms with E-state index in [1.807, 2.05) is 31.2 Å². The molecule has 0 aliphatic carbocycles. The Balaban J connectivity index is 1.72. The molecule has 0 saturated heterocycles. The Labute approximate surface area is 144 Å². The van der Waals surface area contributed by atoms with Crippen LogP contribution in [0.3, 0.4) is 0 Å². The van der Waals surface area contributed by atoms with Gasteiger partial charge in [0.1, 0.15) is 18.5 Å². The van der Waals surface area contributed by atoms with Crippen LogP contribution in [0.5, 0.6) is 5.75 Å². The molecule has 2 aromatic carbocycles. The van der Waals surface area contributed by atoms with Crippen LogP contribution < -0.4 is 10.3 Å². The Morgan fingerprint density at radius 3 is 2.92 bits per heavy atom. The molecular weight excluding hydrogens is 328 g/mol. The van der Waals surface area contributed by atoms with Crippen molar-refractivity contribution in [1.29, 1.82) is 0 Å². The van der Waals surface area contributed by atoms with Gasteiger partial charge in [-0.1, -0.05) is 23.7 Å². The molecule has 24 heavy (non-hydrogen) atoms. The van der Waals surface area contributed by atoms with E-state index in [0.717, 1.165) is 5.56 Å². The highest BCUT2D eigenvalue weighted by Crippen LogP contribution is 2.15. The minimum Gasteiger partial charge on any atom is -0.491 e. The van der Waals surface area contributed by atoms with Gasteiger partial charge in [-0.3, -0.25) is 9.36 Å². The number of halogens is 1. The zero-order valence-corrected chi connectivity index (χ0v) is 13.9. The van der Waals surface area contributed by atoms with Gasteiger partial charge in [0.25, 0.3) is 5.56 Å². The van der Waals surface area contributed by atoms with Crippen LogP contribution in [0.1, 0.15) is 5.56 Å². The zero-order chi connectivity index (χ0) is 17.1. The Hall–Kier alpha value is -2.37. The van der Waals surface area contributed by atoms with Crippen molar-refractivity contribution < 1.29 is 9.84 Å². The van der Waals surface area contributed by atoms with Gasteiger partial charge in [0.2, 0.25) is 0 Å². The second-order valence-electron chi connectivity index (χ2n) is 5.64. The van der Waals surface area contributed by atoms with Crippen molar-refractivity contribution in [1.82, 2.24) is 9.55 Å². The molecule has 1 N–H and O–H groups in total.